The summed E-state index contributed by atoms with van der Waals surface area (Å²) in [5, 5.41) is 2.10. The molecule has 1 fully saturated rings. The van der Waals surface area contributed by atoms with Gasteiger partial charge in [-0.15, -0.1) is 11.3 Å². The van der Waals surface area contributed by atoms with Crippen molar-refractivity contribution in [2.24, 2.45) is 5.92 Å². The number of thioether (sulfide) groups is 1. The fourth-order valence-electron chi connectivity index (χ4n) is 2.16. The maximum Gasteiger partial charge on any atom is 0.319 e. The minimum Gasteiger partial charge on any atom is -0.331 e. The first-order chi connectivity index (χ1) is 9.06. The molecule has 2 rings (SSSR count). The Morgan fingerprint density at radius 1 is 1.53 bits per heavy atom. The zero-order chi connectivity index (χ0) is 13.8. The molecule has 1 aliphatic heterocycles. The van der Waals surface area contributed by atoms with Gasteiger partial charge in [0.25, 0.3) is 0 Å². The Bertz CT molecular complexity index is 425. The van der Waals surface area contributed by atoms with Crippen LogP contribution in [0.4, 0.5) is 4.79 Å². The van der Waals surface area contributed by atoms with E-state index in [9.17, 15) is 4.79 Å². The van der Waals surface area contributed by atoms with Crippen molar-refractivity contribution in [3.8, 4) is 0 Å². The van der Waals surface area contributed by atoms with E-state index in [0.29, 0.717) is 5.92 Å². The van der Waals surface area contributed by atoms with E-state index in [1.165, 1.54) is 4.34 Å². The molecule has 1 saturated heterocycles. The lowest BCUT2D eigenvalue weighted by molar-refractivity contribution is 0.151. The van der Waals surface area contributed by atoms with Crippen LogP contribution in [0.2, 0.25) is 0 Å². The number of carbonyl (C=O) groups excluding carboxylic acids is 1. The van der Waals surface area contributed by atoms with Crippen molar-refractivity contribution in [2.75, 3.05) is 32.9 Å². The van der Waals surface area contributed by atoms with E-state index in [1.807, 2.05) is 37.7 Å². The second kappa shape index (κ2) is 6.61. The smallest absolute Gasteiger partial charge is 0.319 e. The standard InChI is InChI=1S/C13H21N3OS2/c1-10-8-18-12(14-10)19-9-11-4-6-16(7-5-11)13(17)15(2)3/h8,11H,4-7,9H2,1-3H3. The van der Waals surface area contributed by atoms with E-state index in [4.69, 9.17) is 0 Å². The number of aryl methyl sites for hydroxylation is 1. The number of likely N-dealkylation sites (tertiary alicyclic amines) is 1. The topological polar surface area (TPSA) is 36.4 Å². The average Bonchev–Trinajstić information content (AvgIpc) is 2.82. The van der Waals surface area contributed by atoms with Crippen LogP contribution in [0.15, 0.2) is 9.72 Å². The van der Waals surface area contributed by atoms with Crippen molar-refractivity contribution in [3.63, 3.8) is 0 Å². The summed E-state index contributed by atoms with van der Waals surface area (Å²) in [6.07, 6.45) is 2.22. The number of nitrogens with zero attached hydrogens (tertiary/aromatic N) is 3. The quantitative estimate of drug-likeness (QED) is 0.805. The number of urea groups is 1. The highest BCUT2D eigenvalue weighted by atomic mass is 32.2. The first kappa shape index (κ1) is 14.7. The molecule has 19 heavy (non-hydrogen) atoms. The molecule has 2 amide bonds. The third-order valence-electron chi connectivity index (χ3n) is 3.31. The van der Waals surface area contributed by atoms with Gasteiger partial charge in [-0.2, -0.15) is 0 Å². The van der Waals surface area contributed by atoms with Gasteiger partial charge >= 0.3 is 6.03 Å². The number of piperidine rings is 1. The van der Waals surface area contributed by atoms with Gasteiger partial charge in [-0.25, -0.2) is 9.78 Å². The van der Waals surface area contributed by atoms with E-state index in [2.05, 4.69) is 10.4 Å². The van der Waals surface area contributed by atoms with Gasteiger partial charge in [0.2, 0.25) is 0 Å². The minimum absolute atomic E-state index is 0.140. The number of thiazole rings is 1. The molecule has 6 heteroatoms. The molecule has 0 aromatic carbocycles. The van der Waals surface area contributed by atoms with E-state index < -0.39 is 0 Å². The van der Waals surface area contributed by atoms with Gasteiger partial charge in [0.1, 0.15) is 4.34 Å². The Hall–Kier alpha value is -0.750. The first-order valence-electron chi connectivity index (χ1n) is 6.57. The summed E-state index contributed by atoms with van der Waals surface area (Å²) in [6.45, 7) is 3.81. The van der Waals surface area contributed by atoms with Gasteiger partial charge in [-0.1, -0.05) is 11.8 Å². The maximum atomic E-state index is 11.8. The number of carbonyl (C=O) groups is 1. The highest BCUT2D eigenvalue weighted by Gasteiger charge is 2.23. The van der Waals surface area contributed by atoms with Crippen LogP contribution >= 0.6 is 23.1 Å². The van der Waals surface area contributed by atoms with Crippen LogP contribution in [0.1, 0.15) is 18.5 Å². The monoisotopic (exact) mass is 299 g/mol. The Morgan fingerprint density at radius 3 is 2.74 bits per heavy atom. The van der Waals surface area contributed by atoms with Crippen LogP contribution in [0.25, 0.3) is 0 Å². The Morgan fingerprint density at radius 2 is 2.21 bits per heavy atom. The average molecular weight is 299 g/mol. The van der Waals surface area contributed by atoms with E-state index in [-0.39, 0.29) is 6.03 Å². The Kier molecular flexibility index (Phi) is 5.10. The molecule has 1 aromatic heterocycles. The molecule has 4 nitrogen and oxygen atoms in total. The summed E-state index contributed by atoms with van der Waals surface area (Å²) in [5.41, 5.74) is 1.11. The number of hydrogen-bond donors (Lipinski definition) is 0. The lowest BCUT2D eigenvalue weighted by atomic mass is 9.99. The van der Waals surface area contributed by atoms with Crippen LogP contribution in [-0.4, -0.2) is 53.8 Å². The number of rotatable bonds is 3. The van der Waals surface area contributed by atoms with Gasteiger partial charge in [0.05, 0.1) is 0 Å². The Balaban J connectivity index is 1.73. The predicted octanol–water partition coefficient (Wildman–Crippen LogP) is 2.94. The van der Waals surface area contributed by atoms with Gasteiger partial charge in [-0.3, -0.25) is 0 Å². The van der Waals surface area contributed by atoms with Crippen LogP contribution in [-0.2, 0) is 0 Å². The number of amides is 2. The second-order valence-electron chi connectivity index (χ2n) is 5.17. The highest BCUT2D eigenvalue weighted by Crippen LogP contribution is 2.28. The lowest BCUT2D eigenvalue weighted by Gasteiger charge is -2.33. The molecule has 0 atom stereocenters. The summed E-state index contributed by atoms with van der Waals surface area (Å²) < 4.78 is 1.17. The third-order valence-corrected chi connectivity index (χ3v) is 5.68. The summed E-state index contributed by atoms with van der Waals surface area (Å²) >= 11 is 3.59. The molecule has 0 saturated carbocycles. The van der Waals surface area contributed by atoms with Crippen molar-refractivity contribution >= 4 is 29.1 Å². The van der Waals surface area contributed by atoms with Crippen LogP contribution in [0.3, 0.4) is 0 Å². The molecule has 0 N–H and O–H groups in total. The van der Waals surface area contributed by atoms with Crippen molar-refractivity contribution in [1.82, 2.24) is 14.8 Å². The summed E-state index contributed by atoms with van der Waals surface area (Å²) in [4.78, 5) is 19.9. The molecule has 2 heterocycles. The van der Waals surface area contributed by atoms with Crippen molar-refractivity contribution in [2.45, 2.75) is 24.1 Å². The second-order valence-corrected chi connectivity index (χ2v) is 7.30. The summed E-state index contributed by atoms with van der Waals surface area (Å²) in [7, 11) is 3.63. The van der Waals surface area contributed by atoms with Crippen molar-refractivity contribution in [1.29, 1.82) is 0 Å². The fourth-order valence-corrected chi connectivity index (χ4v) is 4.22. The molecule has 0 unspecified atom stereocenters. The zero-order valence-electron chi connectivity index (χ0n) is 11.8. The van der Waals surface area contributed by atoms with Crippen molar-refractivity contribution < 1.29 is 4.79 Å². The van der Waals surface area contributed by atoms with E-state index in [0.717, 1.165) is 37.4 Å². The molecule has 1 aliphatic rings. The normalized spacial score (nSPS) is 16.7. The third kappa shape index (κ3) is 4.11. The predicted molar refractivity (Wildman–Crippen MR) is 81.0 cm³/mol. The lowest BCUT2D eigenvalue weighted by Crippen LogP contribution is -2.44. The number of hydrogen-bond acceptors (Lipinski definition) is 4. The Labute approximate surface area is 123 Å². The molecule has 0 radical (unpaired) electrons. The fraction of sp³-hybridized carbons (Fsp3) is 0.692. The summed E-state index contributed by atoms with van der Waals surface area (Å²) in [5.74, 6) is 1.83. The van der Waals surface area contributed by atoms with Gasteiger partial charge in [-0.05, 0) is 25.7 Å². The van der Waals surface area contributed by atoms with Gasteiger partial charge < -0.3 is 9.80 Å². The molecule has 0 spiro atoms. The zero-order valence-corrected chi connectivity index (χ0v) is 13.4. The van der Waals surface area contributed by atoms with Crippen LogP contribution in [0, 0.1) is 12.8 Å². The van der Waals surface area contributed by atoms with E-state index in [1.54, 1.807) is 16.2 Å². The van der Waals surface area contributed by atoms with Gasteiger partial charge in [0, 0.05) is 44.0 Å². The van der Waals surface area contributed by atoms with Crippen molar-refractivity contribution in [3.05, 3.63) is 11.1 Å². The minimum atomic E-state index is 0.140. The van der Waals surface area contributed by atoms with Gasteiger partial charge in [0.15, 0.2) is 0 Å². The van der Waals surface area contributed by atoms with Crippen LogP contribution < -0.4 is 0 Å². The molecule has 106 valence electrons. The molecule has 0 bridgehead atoms. The summed E-state index contributed by atoms with van der Waals surface area (Å²) in [6, 6.07) is 0.140. The van der Waals surface area contributed by atoms with Crippen LogP contribution in [0.5, 0.6) is 0 Å². The molecular weight excluding hydrogens is 278 g/mol. The molecule has 0 aliphatic carbocycles. The maximum absolute atomic E-state index is 11.8. The first-order valence-corrected chi connectivity index (χ1v) is 8.44. The number of aromatic nitrogens is 1. The molecular formula is C13H21N3OS2. The van der Waals surface area contributed by atoms with E-state index >= 15 is 0 Å². The largest absolute Gasteiger partial charge is 0.331 e. The SMILES string of the molecule is Cc1csc(SCC2CCN(C(=O)N(C)C)CC2)n1. The highest BCUT2D eigenvalue weighted by molar-refractivity contribution is 8.01. The molecule has 1 aromatic rings.